The molecule has 0 aliphatic heterocycles. The lowest BCUT2D eigenvalue weighted by molar-refractivity contribution is 1.46. The molecule has 146 valence electrons. The van der Waals surface area contributed by atoms with E-state index in [1.807, 2.05) is 34.0 Å². The van der Waals surface area contributed by atoms with Crippen molar-refractivity contribution in [3.05, 3.63) is 47.5 Å². The minimum Gasteiger partial charge on any atom is -0.350 e. The van der Waals surface area contributed by atoms with Crippen molar-refractivity contribution in [1.29, 1.82) is 0 Å². The third-order valence-corrected chi connectivity index (χ3v) is 2.36. The number of aryl methyl sites for hydroxylation is 2. The van der Waals surface area contributed by atoms with Gasteiger partial charge in [-0.2, -0.15) is 0 Å². The minimum absolute atomic E-state index is 0.194. The molecule has 0 aromatic heterocycles. The number of rotatable bonds is 0. The molecule has 0 aliphatic carbocycles. The minimum atomic E-state index is -1.31. The van der Waals surface area contributed by atoms with Crippen LogP contribution in [0.1, 0.15) is 38.8 Å². The summed E-state index contributed by atoms with van der Waals surface area (Å²) in [4.78, 5) is 0. The average molecular weight is 472 g/mol. The Morgan fingerprint density at radius 3 is 1.20 bits per heavy atom. The van der Waals surface area contributed by atoms with Gasteiger partial charge in [0.25, 0.3) is 0 Å². The fraction of sp³-hybridized carbons (Fsp3) is 0.444. The Hall–Kier alpha value is 0.630. The number of benzene rings is 2. The molecule has 0 fully saturated rings. The Labute approximate surface area is 181 Å². The normalized spacial score (nSPS) is 9.20. The van der Waals surface area contributed by atoms with Gasteiger partial charge in [0, 0.05) is 0 Å². The monoisotopic (exact) mass is 471 g/mol. The summed E-state index contributed by atoms with van der Waals surface area (Å²) in [6, 6.07) is 12.9. The van der Waals surface area contributed by atoms with Crippen LogP contribution in [0.25, 0.3) is 10.8 Å². The second-order valence-electron chi connectivity index (χ2n) is 4.38. The van der Waals surface area contributed by atoms with E-state index in [9.17, 15) is 0 Å². The molecule has 0 amide bonds. The first kappa shape index (κ1) is 30.4. The molecule has 0 saturated carbocycles. The zero-order valence-electron chi connectivity index (χ0n) is 16.4. The van der Waals surface area contributed by atoms with E-state index in [1.54, 1.807) is 6.26 Å². The Morgan fingerprint density at radius 1 is 0.800 bits per heavy atom. The first-order chi connectivity index (χ1) is 11.5. The molecule has 0 N–H and O–H groups in total. The van der Waals surface area contributed by atoms with E-state index in [4.69, 9.17) is 0 Å². The van der Waals surface area contributed by atoms with E-state index >= 15 is 0 Å². The SMILES string of the molecule is CC.CC.CS(=S)(=S)S.C[S-](=S)=S.Cc1ccc(C)c2ccccc12. The van der Waals surface area contributed by atoms with Crippen LogP contribution >= 0.6 is 11.7 Å². The summed E-state index contributed by atoms with van der Waals surface area (Å²) < 4.78 is 0. The molecule has 0 bridgehead atoms. The highest BCUT2D eigenvalue weighted by Crippen LogP contribution is 2.20. The van der Waals surface area contributed by atoms with Crippen molar-refractivity contribution >= 4 is 81.4 Å². The summed E-state index contributed by atoms with van der Waals surface area (Å²) in [6.45, 7) is 12.3. The molecule has 2 rings (SSSR count). The van der Waals surface area contributed by atoms with Crippen molar-refractivity contribution in [2.24, 2.45) is 0 Å². The lowest BCUT2D eigenvalue weighted by Crippen LogP contribution is -1.80. The molecule has 0 saturated heterocycles. The van der Waals surface area contributed by atoms with Crippen LogP contribution < -0.4 is 0 Å². The summed E-state index contributed by atoms with van der Waals surface area (Å²) in [5.41, 5.74) is 2.72. The second kappa shape index (κ2) is 18.0. The number of fused-ring (bicyclic) bond motifs is 1. The molecular formula is C18H31S7-. The highest BCUT2D eigenvalue weighted by Gasteiger charge is 1.97. The fourth-order valence-corrected chi connectivity index (χ4v) is 1.60. The summed E-state index contributed by atoms with van der Waals surface area (Å²) in [6.07, 6.45) is 2.28. The van der Waals surface area contributed by atoms with Gasteiger partial charge < -0.3 is 8.01 Å². The number of hydrogen-bond donors (Lipinski definition) is 1. The van der Waals surface area contributed by atoms with Crippen molar-refractivity contribution in [3.63, 3.8) is 0 Å². The molecule has 2 aromatic carbocycles. The zero-order valence-corrected chi connectivity index (χ0v) is 22.2. The molecule has 0 nitrogen and oxygen atoms in total. The van der Waals surface area contributed by atoms with E-state index in [0.717, 1.165) is 0 Å². The van der Waals surface area contributed by atoms with Crippen molar-refractivity contribution < 1.29 is 0 Å². The first-order valence-corrected chi connectivity index (χ1v) is 16.3. The molecule has 2 aromatic rings. The quantitative estimate of drug-likeness (QED) is 0.275. The molecular weight excluding hydrogens is 441 g/mol. The van der Waals surface area contributed by atoms with Gasteiger partial charge in [-0.25, -0.2) is 0 Å². The molecule has 0 spiro atoms. The van der Waals surface area contributed by atoms with E-state index in [2.05, 4.69) is 107 Å². The van der Waals surface area contributed by atoms with Crippen LogP contribution in [-0.4, -0.2) is 12.5 Å². The van der Waals surface area contributed by atoms with Gasteiger partial charge in [0.1, 0.15) is 0 Å². The second-order valence-corrected chi connectivity index (χ2v) is 18.6. The van der Waals surface area contributed by atoms with E-state index < -0.39 is 6.18 Å². The summed E-state index contributed by atoms with van der Waals surface area (Å²) in [5.74, 6) is 0. The average Bonchev–Trinajstić information content (AvgIpc) is 2.53. The highest BCUT2D eigenvalue weighted by molar-refractivity contribution is 8.92. The van der Waals surface area contributed by atoms with Crippen LogP contribution in [-0.2, 0) is 58.9 Å². The highest BCUT2D eigenvalue weighted by atomic mass is 33.5. The van der Waals surface area contributed by atoms with Gasteiger partial charge in [0.2, 0.25) is 0 Å². The van der Waals surface area contributed by atoms with Crippen molar-refractivity contribution in [2.45, 2.75) is 41.5 Å². The molecule has 0 radical (unpaired) electrons. The van der Waals surface area contributed by atoms with Gasteiger partial charge >= 0.3 is 0 Å². The maximum absolute atomic E-state index is 4.59. The van der Waals surface area contributed by atoms with Gasteiger partial charge in [-0.3, -0.25) is 22.4 Å². The van der Waals surface area contributed by atoms with Gasteiger partial charge in [-0.15, -0.1) is 17.9 Å². The fourth-order valence-electron chi connectivity index (χ4n) is 1.60. The zero-order chi connectivity index (χ0) is 20.6. The molecule has 7 heteroatoms. The Kier molecular flexibility index (Phi) is 21.9. The maximum Gasteiger partial charge on any atom is -0.000573 e. The van der Waals surface area contributed by atoms with Crippen LogP contribution in [0.3, 0.4) is 0 Å². The topological polar surface area (TPSA) is 0 Å². The molecule has 25 heavy (non-hydrogen) atoms. The van der Waals surface area contributed by atoms with Crippen LogP contribution in [0.2, 0.25) is 0 Å². The third kappa shape index (κ3) is 20.8. The van der Waals surface area contributed by atoms with E-state index in [1.165, 1.54) is 21.9 Å². The lowest BCUT2D eigenvalue weighted by atomic mass is 10.0. The molecule has 0 unspecified atom stereocenters. The number of hydrogen-bond acceptors (Lipinski definition) is 5. The smallest absolute Gasteiger partial charge is 0.000573 e. The standard InChI is InChI=1S/C12H12.2C2H6.CH4S4.CH3S3/c1-9-7-8-10(2)12-6-4-3-5-11(9)12;2*1-2;1-5(2,3)4;1-4(2)3/h3-8H,1-2H3;2*1-2H3;1H3,(H,2,3,4);1H3/q;;;;-1. The summed E-state index contributed by atoms with van der Waals surface area (Å²) >= 11 is 21.9. The van der Waals surface area contributed by atoms with Gasteiger partial charge in [0.15, 0.2) is 0 Å². The van der Waals surface area contributed by atoms with Gasteiger partial charge in [0.05, 0.1) is 0 Å². The first-order valence-electron chi connectivity index (χ1n) is 7.90. The van der Waals surface area contributed by atoms with Crippen LogP contribution in [0, 0.1) is 13.8 Å². The Morgan fingerprint density at radius 2 is 1.00 bits per heavy atom. The van der Waals surface area contributed by atoms with Crippen LogP contribution in [0.5, 0.6) is 0 Å². The molecule has 0 atom stereocenters. The molecule has 0 heterocycles. The van der Waals surface area contributed by atoms with Gasteiger partial charge in [-0.1, -0.05) is 64.1 Å². The van der Waals surface area contributed by atoms with Crippen LogP contribution in [0.4, 0.5) is 0 Å². The van der Waals surface area contributed by atoms with E-state index in [0.29, 0.717) is 0 Å². The van der Waals surface area contributed by atoms with Crippen LogP contribution in [0.15, 0.2) is 36.4 Å². The number of thiol groups is 1. The van der Waals surface area contributed by atoms with Gasteiger partial charge in [-0.05, 0) is 70.6 Å². The van der Waals surface area contributed by atoms with Crippen molar-refractivity contribution in [1.82, 2.24) is 0 Å². The summed E-state index contributed by atoms with van der Waals surface area (Å²) in [5, 5.41) is 2.75. The Bertz CT molecular complexity index is 702. The predicted octanol–water partition coefficient (Wildman–Crippen LogP) is 6.21. The Balaban J connectivity index is -0.000000315. The largest absolute Gasteiger partial charge is 0.350 e. The van der Waals surface area contributed by atoms with Crippen molar-refractivity contribution in [3.8, 4) is 0 Å². The lowest BCUT2D eigenvalue weighted by Gasteiger charge is -2.03. The van der Waals surface area contributed by atoms with E-state index in [-0.39, 0.29) is 8.01 Å². The molecule has 0 aliphatic rings. The predicted molar refractivity (Wildman–Crippen MR) is 141 cm³/mol. The summed E-state index contributed by atoms with van der Waals surface area (Å²) in [7, 11) is -0.194. The third-order valence-electron chi connectivity index (χ3n) is 2.36. The maximum atomic E-state index is 4.59. The van der Waals surface area contributed by atoms with Crippen molar-refractivity contribution in [2.75, 3.05) is 12.5 Å².